The van der Waals surface area contributed by atoms with Crippen LogP contribution in [0, 0.1) is 12.7 Å². The first kappa shape index (κ1) is 17.5. The number of hydrogen-bond donors (Lipinski definition) is 1. The molecule has 0 unspecified atom stereocenters. The molecule has 0 heterocycles. The topological polar surface area (TPSA) is 21.3 Å². The van der Waals surface area contributed by atoms with Crippen LogP contribution in [0.1, 0.15) is 16.7 Å². The Balaban J connectivity index is 1.70. The maximum atomic E-state index is 13.0. The molecule has 0 amide bonds. The molecular formula is C21H19BrFNO. The average molecular weight is 400 g/mol. The predicted molar refractivity (Wildman–Crippen MR) is 103 cm³/mol. The molecule has 1 N–H and O–H groups in total. The molecule has 0 aromatic heterocycles. The van der Waals surface area contributed by atoms with Crippen molar-refractivity contribution >= 4 is 21.6 Å². The van der Waals surface area contributed by atoms with Gasteiger partial charge in [-0.3, -0.25) is 0 Å². The van der Waals surface area contributed by atoms with Crippen molar-refractivity contribution in [2.45, 2.75) is 20.1 Å². The molecule has 0 bridgehead atoms. The first-order chi connectivity index (χ1) is 12.1. The molecule has 3 aromatic rings. The summed E-state index contributed by atoms with van der Waals surface area (Å²) in [4.78, 5) is 0. The molecule has 0 saturated heterocycles. The highest BCUT2D eigenvalue weighted by molar-refractivity contribution is 9.10. The van der Waals surface area contributed by atoms with E-state index in [0.29, 0.717) is 13.2 Å². The second kappa shape index (κ2) is 8.17. The summed E-state index contributed by atoms with van der Waals surface area (Å²) in [7, 11) is 0. The lowest BCUT2D eigenvalue weighted by Crippen LogP contribution is -2.04. The molecule has 0 aliphatic heterocycles. The van der Waals surface area contributed by atoms with Crippen LogP contribution >= 0.6 is 15.9 Å². The number of rotatable bonds is 6. The first-order valence-corrected chi connectivity index (χ1v) is 8.86. The largest absolute Gasteiger partial charge is 0.489 e. The predicted octanol–water partition coefficient (Wildman–Crippen LogP) is 6.09. The minimum absolute atomic E-state index is 0.241. The third-order valence-corrected chi connectivity index (χ3v) is 4.32. The fourth-order valence-corrected chi connectivity index (χ4v) is 2.96. The number of halogens is 2. The standard InChI is InChI=1S/C21H19BrFNO/c1-15-3-2-4-16(11-15)14-25-21-10-5-18(22)12-17(21)13-24-20-8-6-19(23)7-9-20/h2-12,24H,13-14H2,1H3. The summed E-state index contributed by atoms with van der Waals surface area (Å²) in [6.07, 6.45) is 0. The van der Waals surface area contributed by atoms with Crippen molar-refractivity contribution in [2.75, 3.05) is 5.32 Å². The number of hydrogen-bond acceptors (Lipinski definition) is 2. The van der Waals surface area contributed by atoms with Gasteiger partial charge in [-0.1, -0.05) is 45.8 Å². The molecule has 4 heteroatoms. The van der Waals surface area contributed by atoms with Crippen LogP contribution in [0.25, 0.3) is 0 Å². The monoisotopic (exact) mass is 399 g/mol. The van der Waals surface area contributed by atoms with Crippen molar-refractivity contribution in [1.82, 2.24) is 0 Å². The minimum atomic E-state index is -0.241. The summed E-state index contributed by atoms with van der Waals surface area (Å²) in [6, 6.07) is 20.6. The van der Waals surface area contributed by atoms with Crippen molar-refractivity contribution in [1.29, 1.82) is 0 Å². The summed E-state index contributed by atoms with van der Waals surface area (Å²) in [5, 5.41) is 3.30. The van der Waals surface area contributed by atoms with Gasteiger partial charge in [0.25, 0.3) is 0 Å². The zero-order valence-electron chi connectivity index (χ0n) is 13.9. The fourth-order valence-electron chi connectivity index (χ4n) is 2.56. The van der Waals surface area contributed by atoms with Crippen LogP contribution in [0.5, 0.6) is 5.75 Å². The van der Waals surface area contributed by atoms with Crippen LogP contribution in [0.2, 0.25) is 0 Å². The van der Waals surface area contributed by atoms with E-state index in [9.17, 15) is 4.39 Å². The van der Waals surface area contributed by atoms with E-state index in [-0.39, 0.29) is 5.82 Å². The molecule has 128 valence electrons. The van der Waals surface area contributed by atoms with Gasteiger partial charge in [0.15, 0.2) is 0 Å². The van der Waals surface area contributed by atoms with Crippen LogP contribution in [0.4, 0.5) is 10.1 Å². The molecule has 25 heavy (non-hydrogen) atoms. The lowest BCUT2D eigenvalue weighted by Gasteiger charge is -2.14. The second-order valence-electron chi connectivity index (χ2n) is 5.89. The normalized spacial score (nSPS) is 10.5. The average Bonchev–Trinajstić information content (AvgIpc) is 2.60. The molecule has 0 aliphatic carbocycles. The van der Waals surface area contributed by atoms with E-state index < -0.39 is 0 Å². The lowest BCUT2D eigenvalue weighted by atomic mass is 10.1. The van der Waals surface area contributed by atoms with Gasteiger partial charge in [0.2, 0.25) is 0 Å². The zero-order valence-corrected chi connectivity index (χ0v) is 15.5. The summed E-state index contributed by atoms with van der Waals surface area (Å²) in [5.74, 6) is 0.592. The third-order valence-electron chi connectivity index (χ3n) is 3.83. The van der Waals surface area contributed by atoms with E-state index in [2.05, 4.69) is 46.4 Å². The van der Waals surface area contributed by atoms with E-state index in [1.165, 1.54) is 17.7 Å². The summed E-state index contributed by atoms with van der Waals surface area (Å²) in [5.41, 5.74) is 4.26. The van der Waals surface area contributed by atoms with Gasteiger partial charge in [-0.15, -0.1) is 0 Å². The lowest BCUT2D eigenvalue weighted by molar-refractivity contribution is 0.303. The smallest absolute Gasteiger partial charge is 0.124 e. The van der Waals surface area contributed by atoms with E-state index in [1.807, 2.05) is 24.3 Å². The second-order valence-corrected chi connectivity index (χ2v) is 6.81. The van der Waals surface area contributed by atoms with Gasteiger partial charge in [0.1, 0.15) is 18.2 Å². The number of benzene rings is 3. The molecular weight excluding hydrogens is 381 g/mol. The maximum absolute atomic E-state index is 13.0. The Kier molecular flexibility index (Phi) is 5.71. The molecule has 2 nitrogen and oxygen atoms in total. The van der Waals surface area contributed by atoms with Crippen LogP contribution in [-0.2, 0) is 13.2 Å². The Bertz CT molecular complexity index is 849. The van der Waals surface area contributed by atoms with Crippen LogP contribution in [0.3, 0.4) is 0 Å². The molecule has 0 radical (unpaired) electrons. The molecule has 0 spiro atoms. The van der Waals surface area contributed by atoms with Gasteiger partial charge < -0.3 is 10.1 Å². The molecule has 0 atom stereocenters. The van der Waals surface area contributed by atoms with E-state index in [1.54, 1.807) is 12.1 Å². The van der Waals surface area contributed by atoms with E-state index in [4.69, 9.17) is 4.74 Å². The van der Waals surface area contributed by atoms with Gasteiger partial charge in [-0.2, -0.15) is 0 Å². The van der Waals surface area contributed by atoms with Gasteiger partial charge in [-0.25, -0.2) is 4.39 Å². The van der Waals surface area contributed by atoms with Crippen LogP contribution in [0.15, 0.2) is 71.2 Å². The van der Waals surface area contributed by atoms with Gasteiger partial charge >= 0.3 is 0 Å². The van der Waals surface area contributed by atoms with Gasteiger partial charge in [-0.05, 0) is 55.0 Å². The highest BCUT2D eigenvalue weighted by atomic mass is 79.9. The van der Waals surface area contributed by atoms with Crippen molar-refractivity contribution in [3.8, 4) is 5.75 Å². The fraction of sp³-hybridized carbons (Fsp3) is 0.143. The van der Waals surface area contributed by atoms with Gasteiger partial charge in [0.05, 0.1) is 0 Å². The first-order valence-electron chi connectivity index (χ1n) is 8.06. The highest BCUT2D eigenvalue weighted by Crippen LogP contribution is 2.25. The third kappa shape index (κ3) is 5.07. The molecule has 0 aliphatic rings. The number of anilines is 1. The molecule has 0 saturated carbocycles. The Labute approximate surface area is 155 Å². The van der Waals surface area contributed by atoms with Crippen molar-refractivity contribution in [3.05, 3.63) is 93.7 Å². The Hall–Kier alpha value is -2.33. The number of aryl methyl sites for hydroxylation is 1. The number of ether oxygens (including phenoxy) is 1. The van der Waals surface area contributed by atoms with Gasteiger partial charge in [0, 0.05) is 22.3 Å². The van der Waals surface area contributed by atoms with Crippen molar-refractivity contribution in [2.24, 2.45) is 0 Å². The van der Waals surface area contributed by atoms with Crippen LogP contribution in [-0.4, -0.2) is 0 Å². The summed E-state index contributed by atoms with van der Waals surface area (Å²) >= 11 is 3.50. The number of nitrogens with one attached hydrogen (secondary N) is 1. The Morgan fingerprint density at radius 1 is 1.00 bits per heavy atom. The summed E-state index contributed by atoms with van der Waals surface area (Å²) in [6.45, 7) is 3.18. The van der Waals surface area contributed by atoms with Crippen LogP contribution < -0.4 is 10.1 Å². The highest BCUT2D eigenvalue weighted by Gasteiger charge is 2.06. The maximum Gasteiger partial charge on any atom is 0.124 e. The van der Waals surface area contributed by atoms with Crippen molar-refractivity contribution < 1.29 is 9.13 Å². The molecule has 3 aromatic carbocycles. The molecule has 3 rings (SSSR count). The SMILES string of the molecule is Cc1cccc(COc2ccc(Br)cc2CNc2ccc(F)cc2)c1. The molecule has 0 fully saturated rings. The quantitative estimate of drug-likeness (QED) is 0.541. The van der Waals surface area contributed by atoms with Crippen molar-refractivity contribution in [3.63, 3.8) is 0 Å². The minimum Gasteiger partial charge on any atom is -0.489 e. The zero-order chi connectivity index (χ0) is 17.6. The van der Waals surface area contributed by atoms with E-state index in [0.717, 1.165) is 27.0 Å². The Morgan fingerprint density at radius 2 is 1.80 bits per heavy atom. The Morgan fingerprint density at radius 3 is 2.56 bits per heavy atom. The van der Waals surface area contributed by atoms with E-state index >= 15 is 0 Å². The summed E-state index contributed by atoms with van der Waals surface area (Å²) < 4.78 is 20.0.